The monoisotopic (exact) mass is 444 g/mol. The second-order valence-electron chi connectivity index (χ2n) is 12.0. The molecule has 0 aromatic carbocycles. The number of carbonyl (C=O) groups is 1. The largest absolute Gasteiger partial charge is 0.354 e. The topological polar surface area (TPSA) is 70.4 Å². The van der Waals surface area contributed by atoms with Crippen molar-refractivity contribution in [3.63, 3.8) is 0 Å². The quantitative estimate of drug-likeness (QED) is 0.586. The molecule has 7 atom stereocenters. The number of amides is 1. The molecule has 5 rings (SSSR count). The lowest BCUT2D eigenvalue weighted by Gasteiger charge is -2.45. The minimum Gasteiger partial charge on any atom is -0.354 e. The zero-order chi connectivity index (χ0) is 21.9. The first kappa shape index (κ1) is 23.1. The summed E-state index contributed by atoms with van der Waals surface area (Å²) in [6.45, 7) is 5.07. The van der Waals surface area contributed by atoms with Gasteiger partial charge in [0.2, 0.25) is 5.91 Å². The van der Waals surface area contributed by atoms with Crippen LogP contribution in [0.1, 0.15) is 83.5 Å². The number of piperidine rings is 1. The maximum absolute atomic E-state index is 13.5. The van der Waals surface area contributed by atoms with E-state index in [1.165, 1.54) is 83.6 Å². The highest BCUT2D eigenvalue weighted by Gasteiger charge is 2.48. The molecule has 4 N–H and O–H groups in total. The van der Waals surface area contributed by atoms with Crippen molar-refractivity contribution < 1.29 is 4.79 Å². The first-order valence-corrected chi connectivity index (χ1v) is 14.2. The summed E-state index contributed by atoms with van der Waals surface area (Å²) in [5.74, 6) is 5.05. The van der Waals surface area contributed by atoms with Gasteiger partial charge in [-0.15, -0.1) is 0 Å². The lowest BCUT2D eigenvalue weighted by atomic mass is 9.65. The average molecular weight is 445 g/mol. The van der Waals surface area contributed by atoms with Crippen molar-refractivity contribution in [1.82, 2.24) is 15.5 Å². The Morgan fingerprint density at radius 2 is 1.69 bits per heavy atom. The SMILES string of the molecule is NCC1CCC2CC(C(=O)NCC3CCNCC3)N(CC3CCCC4CCCCC43)C2C1. The second-order valence-corrected chi connectivity index (χ2v) is 12.0. The Balaban J connectivity index is 1.27. The van der Waals surface area contributed by atoms with E-state index in [9.17, 15) is 4.79 Å². The maximum Gasteiger partial charge on any atom is 0.237 e. The van der Waals surface area contributed by atoms with E-state index >= 15 is 0 Å². The molecule has 0 radical (unpaired) electrons. The summed E-state index contributed by atoms with van der Waals surface area (Å²) in [6, 6.07) is 0.697. The van der Waals surface area contributed by atoms with Crippen molar-refractivity contribution in [1.29, 1.82) is 0 Å². The highest BCUT2D eigenvalue weighted by molar-refractivity contribution is 5.82. The zero-order valence-corrected chi connectivity index (χ0v) is 20.3. The van der Waals surface area contributed by atoms with E-state index in [1.807, 2.05) is 0 Å². The number of fused-ring (bicyclic) bond motifs is 2. The van der Waals surface area contributed by atoms with Gasteiger partial charge in [-0.2, -0.15) is 0 Å². The summed E-state index contributed by atoms with van der Waals surface area (Å²) in [4.78, 5) is 16.3. The minimum absolute atomic E-state index is 0.104. The standard InChI is InChI=1S/C27H48N4O/c28-16-20-8-9-22-15-26(27(32)30-17-19-10-12-29-13-11-19)31(25(22)14-20)18-23-6-3-5-21-4-1-2-7-24(21)23/h19-26,29H,1-18,28H2,(H,30,32). The molecular weight excluding hydrogens is 396 g/mol. The molecule has 7 unspecified atom stereocenters. The van der Waals surface area contributed by atoms with Crippen LogP contribution in [-0.2, 0) is 4.79 Å². The third kappa shape index (κ3) is 5.05. The number of hydrogen-bond acceptors (Lipinski definition) is 4. The summed E-state index contributed by atoms with van der Waals surface area (Å²) in [5, 5.41) is 6.86. The third-order valence-corrected chi connectivity index (χ3v) is 10.2. The molecule has 5 fully saturated rings. The van der Waals surface area contributed by atoms with Gasteiger partial charge in [0.15, 0.2) is 0 Å². The number of hydrogen-bond donors (Lipinski definition) is 3. The third-order valence-electron chi connectivity index (χ3n) is 10.2. The predicted octanol–water partition coefficient (Wildman–Crippen LogP) is 3.53. The first-order valence-electron chi connectivity index (χ1n) is 14.2. The van der Waals surface area contributed by atoms with E-state index in [0.29, 0.717) is 29.7 Å². The Morgan fingerprint density at radius 1 is 0.875 bits per heavy atom. The van der Waals surface area contributed by atoms with E-state index in [1.54, 1.807) is 0 Å². The van der Waals surface area contributed by atoms with E-state index in [0.717, 1.165) is 50.4 Å². The number of rotatable bonds is 6. The highest BCUT2D eigenvalue weighted by Crippen LogP contribution is 2.47. The summed E-state index contributed by atoms with van der Waals surface area (Å²) >= 11 is 0. The fourth-order valence-corrected chi connectivity index (χ4v) is 8.38. The molecule has 5 aliphatic rings. The summed E-state index contributed by atoms with van der Waals surface area (Å²) in [6.07, 6.45) is 17.3. The van der Waals surface area contributed by atoms with Crippen LogP contribution in [0.5, 0.6) is 0 Å². The molecule has 0 aromatic heterocycles. The molecule has 1 amide bonds. The Hall–Kier alpha value is -0.650. The number of nitrogens with one attached hydrogen (secondary N) is 2. The summed E-state index contributed by atoms with van der Waals surface area (Å²) < 4.78 is 0. The number of nitrogens with zero attached hydrogens (tertiary/aromatic N) is 1. The molecule has 0 spiro atoms. The molecule has 3 aliphatic carbocycles. The van der Waals surface area contributed by atoms with Gasteiger partial charge in [0.1, 0.15) is 0 Å². The van der Waals surface area contributed by atoms with Crippen LogP contribution in [0.3, 0.4) is 0 Å². The van der Waals surface area contributed by atoms with Crippen LogP contribution in [-0.4, -0.2) is 55.6 Å². The van der Waals surface area contributed by atoms with Gasteiger partial charge >= 0.3 is 0 Å². The first-order chi connectivity index (χ1) is 15.7. The lowest BCUT2D eigenvalue weighted by Crippen LogP contribution is -2.51. The van der Waals surface area contributed by atoms with Gasteiger partial charge in [-0.05, 0) is 107 Å². The highest BCUT2D eigenvalue weighted by atomic mass is 16.2. The molecule has 5 heteroatoms. The van der Waals surface area contributed by atoms with Gasteiger partial charge < -0.3 is 16.4 Å². The molecule has 2 heterocycles. The lowest BCUT2D eigenvalue weighted by molar-refractivity contribution is -0.126. The van der Waals surface area contributed by atoms with Gasteiger partial charge in [0.25, 0.3) is 0 Å². The van der Waals surface area contributed by atoms with Gasteiger partial charge in [0, 0.05) is 19.1 Å². The van der Waals surface area contributed by atoms with E-state index in [4.69, 9.17) is 5.73 Å². The summed E-state index contributed by atoms with van der Waals surface area (Å²) in [7, 11) is 0. The number of nitrogens with two attached hydrogens (primary N) is 1. The normalized spacial score (nSPS) is 41.1. The van der Waals surface area contributed by atoms with Gasteiger partial charge in [-0.25, -0.2) is 0 Å². The van der Waals surface area contributed by atoms with Crippen LogP contribution < -0.4 is 16.4 Å². The van der Waals surface area contributed by atoms with Crippen molar-refractivity contribution in [3.05, 3.63) is 0 Å². The van der Waals surface area contributed by atoms with Crippen LogP contribution >= 0.6 is 0 Å². The van der Waals surface area contributed by atoms with Crippen molar-refractivity contribution in [3.8, 4) is 0 Å². The molecule has 32 heavy (non-hydrogen) atoms. The maximum atomic E-state index is 13.5. The molecule has 5 nitrogen and oxygen atoms in total. The predicted molar refractivity (Wildman–Crippen MR) is 130 cm³/mol. The number of carbonyl (C=O) groups excluding carboxylic acids is 1. The van der Waals surface area contributed by atoms with E-state index in [-0.39, 0.29) is 6.04 Å². The average Bonchev–Trinajstić information content (AvgIpc) is 3.21. The van der Waals surface area contributed by atoms with Crippen LogP contribution in [0.4, 0.5) is 0 Å². The fourth-order valence-electron chi connectivity index (χ4n) is 8.38. The number of likely N-dealkylation sites (tertiary alicyclic amines) is 1. The molecular formula is C27H48N4O. The zero-order valence-electron chi connectivity index (χ0n) is 20.3. The van der Waals surface area contributed by atoms with Crippen LogP contribution in [0.15, 0.2) is 0 Å². The molecule has 2 aliphatic heterocycles. The van der Waals surface area contributed by atoms with Crippen LogP contribution in [0.2, 0.25) is 0 Å². The molecule has 0 bridgehead atoms. The summed E-state index contributed by atoms with van der Waals surface area (Å²) in [5.41, 5.74) is 6.12. The molecule has 2 saturated heterocycles. The Morgan fingerprint density at radius 3 is 2.53 bits per heavy atom. The van der Waals surface area contributed by atoms with E-state index < -0.39 is 0 Å². The molecule has 0 aromatic rings. The van der Waals surface area contributed by atoms with Gasteiger partial charge in [-0.3, -0.25) is 9.69 Å². The minimum atomic E-state index is 0.104. The molecule has 182 valence electrons. The van der Waals surface area contributed by atoms with Crippen LogP contribution in [0.25, 0.3) is 0 Å². The Labute approximate surface area is 196 Å². The van der Waals surface area contributed by atoms with Crippen molar-refractivity contribution >= 4 is 5.91 Å². The van der Waals surface area contributed by atoms with Gasteiger partial charge in [-0.1, -0.05) is 32.1 Å². The Bertz CT molecular complexity index is 619. The fraction of sp³-hybridized carbons (Fsp3) is 0.963. The van der Waals surface area contributed by atoms with Gasteiger partial charge in [0.05, 0.1) is 6.04 Å². The second kappa shape index (κ2) is 10.7. The van der Waals surface area contributed by atoms with Crippen LogP contribution in [0, 0.1) is 35.5 Å². The van der Waals surface area contributed by atoms with Crippen molar-refractivity contribution in [2.24, 2.45) is 41.2 Å². The Kier molecular flexibility index (Phi) is 7.75. The van der Waals surface area contributed by atoms with E-state index in [2.05, 4.69) is 15.5 Å². The van der Waals surface area contributed by atoms with Crippen molar-refractivity contribution in [2.45, 2.75) is 95.6 Å². The van der Waals surface area contributed by atoms with Crippen molar-refractivity contribution in [2.75, 3.05) is 32.7 Å². The smallest absolute Gasteiger partial charge is 0.237 e. The molecule has 3 saturated carbocycles.